The van der Waals surface area contributed by atoms with E-state index in [9.17, 15) is 40.7 Å². The van der Waals surface area contributed by atoms with Crippen LogP contribution >= 0.6 is 11.6 Å². The molecule has 1 aromatic heterocycles. The van der Waals surface area contributed by atoms with Crippen molar-refractivity contribution in [3.63, 3.8) is 0 Å². The minimum absolute atomic E-state index is 0.0335. The van der Waals surface area contributed by atoms with Crippen molar-refractivity contribution in [2.75, 3.05) is 18.6 Å². The Hall–Kier alpha value is -4.67. The highest BCUT2D eigenvalue weighted by molar-refractivity contribution is 7.89. The minimum Gasteiger partial charge on any atom is -0.495 e. The highest BCUT2D eigenvalue weighted by Gasteiger charge is 2.39. The summed E-state index contributed by atoms with van der Waals surface area (Å²) >= 11 is 6.07. The Kier molecular flexibility index (Phi) is 10.3. The number of aromatic carboxylic acids is 1. The third-order valence-electron chi connectivity index (χ3n) is 8.78. The van der Waals surface area contributed by atoms with Crippen LogP contribution in [0.3, 0.4) is 0 Å². The Bertz CT molecular complexity index is 2160. The number of carboxylic acids is 1. The lowest BCUT2D eigenvalue weighted by molar-refractivity contribution is -0.119. The van der Waals surface area contributed by atoms with Crippen LogP contribution in [0.5, 0.6) is 5.75 Å². The maximum Gasteiger partial charge on any atom is 0.335 e. The lowest BCUT2D eigenvalue weighted by Crippen LogP contribution is -2.43. The van der Waals surface area contributed by atoms with Crippen molar-refractivity contribution in [1.82, 2.24) is 9.29 Å². The average Bonchev–Trinajstić information content (AvgIpc) is 4.03. The fraction of sp³-hybridized carbons (Fsp3) is 0.286. The van der Waals surface area contributed by atoms with Crippen LogP contribution in [0.25, 0.3) is 0 Å². The number of pyridine rings is 1. The first-order valence-electron chi connectivity index (χ1n) is 15.8. The standard InChI is InChI=1S/C35H28ClF6N3O6S/c1-51-27-11-20(35(47)48)6-7-26(27)45(14-17-8-21(18-2-3-18)10-22(9-17)19-4-5-19)28(46)16-44(15-25-24(36)12-23(37)13-43-25)52(49,50)34-32(41)30(39)29(38)31(40)33(34)42/h6-13,18-19H,2-5,14-16H2,1H3,(H,47,48). The van der Waals surface area contributed by atoms with Gasteiger partial charge in [0.15, 0.2) is 28.2 Å². The van der Waals surface area contributed by atoms with Crippen molar-refractivity contribution in [1.29, 1.82) is 0 Å². The number of nitrogens with zero attached hydrogens (tertiary/aromatic N) is 3. The predicted molar refractivity (Wildman–Crippen MR) is 175 cm³/mol. The van der Waals surface area contributed by atoms with E-state index < -0.39 is 85.5 Å². The normalized spacial score (nSPS) is 14.5. The van der Waals surface area contributed by atoms with Crippen LogP contribution in [-0.4, -0.2) is 48.3 Å². The number of amides is 1. The van der Waals surface area contributed by atoms with Crippen molar-refractivity contribution in [2.24, 2.45) is 0 Å². The molecule has 2 fully saturated rings. The summed E-state index contributed by atoms with van der Waals surface area (Å²) in [5.74, 6) is -15.9. The van der Waals surface area contributed by atoms with Gasteiger partial charge in [0.25, 0.3) is 0 Å². The number of carboxylic acid groups (broad SMARTS) is 1. The van der Waals surface area contributed by atoms with Gasteiger partial charge in [-0.2, -0.15) is 4.31 Å². The van der Waals surface area contributed by atoms with Crippen LogP contribution in [-0.2, 0) is 27.9 Å². The molecule has 6 rings (SSSR count). The zero-order valence-electron chi connectivity index (χ0n) is 27.1. The molecule has 274 valence electrons. The highest BCUT2D eigenvalue weighted by Crippen LogP contribution is 2.46. The summed E-state index contributed by atoms with van der Waals surface area (Å²) in [7, 11) is -4.60. The molecule has 4 aromatic rings. The number of anilines is 1. The van der Waals surface area contributed by atoms with Crippen LogP contribution in [0.4, 0.5) is 32.0 Å². The number of carbonyl (C=O) groups excluding carboxylic acids is 1. The van der Waals surface area contributed by atoms with Crippen molar-refractivity contribution in [3.8, 4) is 5.75 Å². The van der Waals surface area contributed by atoms with E-state index in [0.717, 1.165) is 53.8 Å². The average molecular weight is 768 g/mol. The third-order valence-corrected chi connectivity index (χ3v) is 10.9. The van der Waals surface area contributed by atoms with Crippen molar-refractivity contribution < 1.29 is 54.2 Å². The Labute approximate surface area is 298 Å². The molecule has 0 saturated heterocycles. The van der Waals surface area contributed by atoms with Gasteiger partial charge in [-0.1, -0.05) is 29.8 Å². The Morgan fingerprint density at radius 3 is 1.96 bits per heavy atom. The van der Waals surface area contributed by atoms with Gasteiger partial charge in [0.2, 0.25) is 21.7 Å². The van der Waals surface area contributed by atoms with E-state index in [4.69, 9.17) is 16.3 Å². The lowest BCUT2D eigenvalue weighted by atomic mass is 9.99. The quantitative estimate of drug-likeness (QED) is 0.0854. The number of sulfonamides is 1. The SMILES string of the molecule is COc1cc(C(=O)O)ccc1N(Cc1cc(C2CC2)cc(C2CC2)c1)C(=O)CN(Cc1ncc(F)cc1Cl)S(=O)(=O)c1c(F)c(F)c(F)c(F)c1F. The summed E-state index contributed by atoms with van der Waals surface area (Å²) in [4.78, 5) is 28.7. The number of hydrogen-bond donors (Lipinski definition) is 1. The summed E-state index contributed by atoms with van der Waals surface area (Å²) in [6, 6.07) is 10.1. The third kappa shape index (κ3) is 7.45. The number of hydrogen-bond acceptors (Lipinski definition) is 6. The molecule has 1 N–H and O–H groups in total. The molecule has 2 aliphatic carbocycles. The molecule has 0 unspecified atom stereocenters. The first-order chi connectivity index (χ1) is 24.6. The summed E-state index contributed by atoms with van der Waals surface area (Å²) in [5.41, 5.74) is 2.01. The molecule has 0 radical (unpaired) electrons. The largest absolute Gasteiger partial charge is 0.495 e. The summed E-state index contributed by atoms with van der Waals surface area (Å²) in [6.07, 6.45) is 4.49. The second-order valence-corrected chi connectivity index (χ2v) is 14.8. The Morgan fingerprint density at radius 1 is 0.865 bits per heavy atom. The molecular formula is C35H28ClF6N3O6S. The van der Waals surface area contributed by atoms with Crippen LogP contribution < -0.4 is 9.64 Å². The summed E-state index contributed by atoms with van der Waals surface area (Å²) < 4.78 is 120. The zero-order chi connectivity index (χ0) is 37.6. The molecule has 3 aromatic carbocycles. The topological polar surface area (TPSA) is 117 Å². The van der Waals surface area contributed by atoms with E-state index in [2.05, 4.69) is 11.1 Å². The van der Waals surface area contributed by atoms with Crippen LogP contribution in [0, 0.1) is 34.9 Å². The van der Waals surface area contributed by atoms with Crippen molar-refractivity contribution in [3.05, 3.63) is 117 Å². The van der Waals surface area contributed by atoms with Gasteiger partial charge in [-0.3, -0.25) is 9.78 Å². The van der Waals surface area contributed by atoms with Gasteiger partial charge >= 0.3 is 5.97 Å². The van der Waals surface area contributed by atoms with E-state index >= 15 is 8.78 Å². The van der Waals surface area contributed by atoms with Gasteiger partial charge in [-0.05, 0) is 78.5 Å². The zero-order valence-corrected chi connectivity index (χ0v) is 28.7. The molecule has 1 amide bonds. The molecule has 0 atom stereocenters. The van der Waals surface area contributed by atoms with E-state index in [1.807, 2.05) is 12.1 Å². The Morgan fingerprint density at radius 2 is 1.44 bits per heavy atom. The molecule has 0 aliphatic heterocycles. The molecule has 0 spiro atoms. The van der Waals surface area contributed by atoms with E-state index in [-0.39, 0.29) is 27.9 Å². The number of benzene rings is 3. The fourth-order valence-corrected chi connectivity index (χ4v) is 7.47. The van der Waals surface area contributed by atoms with Crippen LogP contribution in [0.1, 0.15) is 70.3 Å². The van der Waals surface area contributed by atoms with Gasteiger partial charge < -0.3 is 14.7 Å². The monoisotopic (exact) mass is 767 g/mol. The number of ether oxygens (including phenoxy) is 1. The molecule has 0 bridgehead atoms. The Balaban J connectivity index is 1.47. The first kappa shape index (κ1) is 37.1. The first-order valence-corrected chi connectivity index (χ1v) is 17.6. The molecule has 1 heterocycles. The van der Waals surface area contributed by atoms with Gasteiger partial charge in [0.1, 0.15) is 11.6 Å². The van der Waals surface area contributed by atoms with E-state index in [0.29, 0.717) is 23.6 Å². The number of methoxy groups -OCH3 is 1. The van der Waals surface area contributed by atoms with Crippen LogP contribution in [0.2, 0.25) is 5.02 Å². The summed E-state index contributed by atoms with van der Waals surface area (Å²) in [6.45, 7) is -2.63. The van der Waals surface area contributed by atoms with E-state index in [1.165, 1.54) is 19.2 Å². The van der Waals surface area contributed by atoms with Gasteiger partial charge in [0.05, 0.1) is 54.9 Å². The second kappa shape index (κ2) is 14.4. The molecule has 17 heteroatoms. The van der Waals surface area contributed by atoms with E-state index in [1.54, 1.807) is 0 Å². The van der Waals surface area contributed by atoms with Gasteiger partial charge in [-0.25, -0.2) is 39.6 Å². The number of rotatable bonds is 13. The van der Waals surface area contributed by atoms with Gasteiger partial charge in [-0.15, -0.1) is 0 Å². The predicted octanol–water partition coefficient (Wildman–Crippen LogP) is 7.46. The van der Waals surface area contributed by atoms with Crippen molar-refractivity contribution >= 4 is 39.2 Å². The summed E-state index contributed by atoms with van der Waals surface area (Å²) in [5, 5.41) is 9.09. The van der Waals surface area contributed by atoms with Crippen LogP contribution in [0.15, 0.2) is 53.6 Å². The maximum absolute atomic E-state index is 15.0. The number of halogens is 7. The smallest absolute Gasteiger partial charge is 0.335 e. The number of carbonyl (C=O) groups is 2. The van der Waals surface area contributed by atoms with Crippen molar-refractivity contribution in [2.45, 2.75) is 55.5 Å². The molecular weight excluding hydrogens is 740 g/mol. The minimum atomic E-state index is -5.80. The molecule has 2 saturated carbocycles. The molecule has 9 nitrogen and oxygen atoms in total. The number of aromatic nitrogens is 1. The molecule has 52 heavy (non-hydrogen) atoms. The lowest BCUT2D eigenvalue weighted by Gasteiger charge is -2.29. The second-order valence-electron chi connectivity index (χ2n) is 12.5. The van der Waals surface area contributed by atoms with Gasteiger partial charge in [0, 0.05) is 0 Å². The fourth-order valence-electron chi connectivity index (χ4n) is 5.79. The maximum atomic E-state index is 15.0. The molecule has 2 aliphatic rings. The highest BCUT2D eigenvalue weighted by atomic mass is 35.5.